The average Bonchev–Trinajstić information content (AvgIpc) is 3.12. The highest BCUT2D eigenvalue weighted by Gasteiger charge is 2.17. The van der Waals surface area contributed by atoms with Crippen molar-refractivity contribution in [1.82, 2.24) is 15.5 Å². The number of nitrogens with zero attached hydrogens (tertiary/aromatic N) is 2. The van der Waals surface area contributed by atoms with Crippen molar-refractivity contribution in [2.24, 2.45) is 0 Å². The van der Waals surface area contributed by atoms with E-state index in [9.17, 15) is 4.79 Å². The minimum absolute atomic E-state index is 0. The van der Waals surface area contributed by atoms with Crippen molar-refractivity contribution in [2.45, 2.75) is 25.3 Å². The average molecular weight is 309 g/mol. The molecule has 1 unspecified atom stereocenters. The zero-order chi connectivity index (χ0) is 13.8. The van der Waals surface area contributed by atoms with Gasteiger partial charge >= 0.3 is 0 Å². The Morgan fingerprint density at radius 3 is 2.81 bits per heavy atom. The van der Waals surface area contributed by atoms with Gasteiger partial charge < -0.3 is 15.2 Å². The molecule has 6 nitrogen and oxygen atoms in total. The van der Waals surface area contributed by atoms with Gasteiger partial charge in [0, 0.05) is 23.7 Å². The van der Waals surface area contributed by atoms with E-state index >= 15 is 0 Å². The third-order valence-corrected chi connectivity index (χ3v) is 3.38. The van der Waals surface area contributed by atoms with Crippen molar-refractivity contribution in [3.05, 3.63) is 30.7 Å². The molecule has 1 amide bonds. The molecule has 2 aromatic rings. The molecule has 1 atom stereocenters. The number of benzene rings is 1. The fraction of sp³-hybridized carbons (Fsp3) is 0.357. The molecule has 1 aromatic heterocycles. The second-order valence-corrected chi connectivity index (χ2v) is 4.88. The second kappa shape index (κ2) is 7.19. The number of anilines is 1. The van der Waals surface area contributed by atoms with E-state index in [0.717, 1.165) is 30.6 Å². The second-order valence-electron chi connectivity index (χ2n) is 4.88. The van der Waals surface area contributed by atoms with Crippen LogP contribution in [0.4, 0.5) is 5.69 Å². The zero-order valence-corrected chi connectivity index (χ0v) is 12.2. The molecule has 21 heavy (non-hydrogen) atoms. The molecule has 0 radical (unpaired) electrons. The van der Waals surface area contributed by atoms with Crippen molar-refractivity contribution in [1.29, 1.82) is 0 Å². The van der Waals surface area contributed by atoms with Gasteiger partial charge in [0.25, 0.3) is 0 Å². The summed E-state index contributed by atoms with van der Waals surface area (Å²) in [4.78, 5) is 15.9. The molecule has 0 saturated carbocycles. The van der Waals surface area contributed by atoms with Gasteiger partial charge in [0.05, 0.1) is 0 Å². The molecule has 1 fully saturated rings. The van der Waals surface area contributed by atoms with E-state index in [1.165, 1.54) is 6.39 Å². The number of nitrogens with one attached hydrogen (secondary N) is 2. The number of rotatable bonds is 4. The third-order valence-electron chi connectivity index (χ3n) is 3.38. The van der Waals surface area contributed by atoms with E-state index < -0.39 is 0 Å². The maximum atomic E-state index is 11.9. The van der Waals surface area contributed by atoms with Gasteiger partial charge in [0.2, 0.25) is 18.1 Å². The quantitative estimate of drug-likeness (QED) is 0.905. The number of hydrogen-bond acceptors (Lipinski definition) is 5. The van der Waals surface area contributed by atoms with Crippen LogP contribution in [0.25, 0.3) is 11.4 Å². The Labute approximate surface area is 128 Å². The van der Waals surface area contributed by atoms with Crippen LogP contribution < -0.4 is 10.6 Å². The summed E-state index contributed by atoms with van der Waals surface area (Å²) < 4.78 is 4.70. The van der Waals surface area contributed by atoms with Gasteiger partial charge in [-0.15, -0.1) is 12.4 Å². The predicted molar refractivity (Wildman–Crippen MR) is 81.3 cm³/mol. The predicted octanol–water partition coefficient (Wildman–Crippen LogP) is 2.24. The Bertz CT molecular complexity index is 565. The van der Waals surface area contributed by atoms with Crippen molar-refractivity contribution in [2.75, 3.05) is 11.9 Å². The first-order chi connectivity index (χ1) is 9.81. The molecule has 2 heterocycles. The highest BCUT2D eigenvalue weighted by Crippen LogP contribution is 2.18. The molecule has 1 aliphatic rings. The molecule has 3 rings (SSSR count). The van der Waals surface area contributed by atoms with Crippen molar-refractivity contribution < 1.29 is 9.32 Å². The van der Waals surface area contributed by atoms with Gasteiger partial charge in [-0.2, -0.15) is 4.98 Å². The zero-order valence-electron chi connectivity index (χ0n) is 11.4. The number of hydrogen-bond donors (Lipinski definition) is 2. The molecule has 2 N–H and O–H groups in total. The minimum Gasteiger partial charge on any atom is -0.342 e. The molecular formula is C14H17ClN4O2. The summed E-state index contributed by atoms with van der Waals surface area (Å²) in [5, 5.41) is 9.98. The van der Waals surface area contributed by atoms with Gasteiger partial charge in [0.15, 0.2) is 0 Å². The number of halogens is 1. The maximum absolute atomic E-state index is 11.9. The summed E-state index contributed by atoms with van der Waals surface area (Å²) in [5.41, 5.74) is 1.63. The number of aromatic nitrogens is 2. The summed E-state index contributed by atoms with van der Waals surface area (Å²) >= 11 is 0. The first-order valence-corrected chi connectivity index (χ1v) is 6.71. The van der Waals surface area contributed by atoms with Crippen LogP contribution in [0.2, 0.25) is 0 Å². The Morgan fingerprint density at radius 2 is 2.19 bits per heavy atom. The fourth-order valence-electron chi connectivity index (χ4n) is 2.37. The lowest BCUT2D eigenvalue weighted by atomic mass is 10.1. The Hall–Kier alpha value is -1.92. The summed E-state index contributed by atoms with van der Waals surface area (Å²) in [6.07, 6.45) is 4.04. The first-order valence-electron chi connectivity index (χ1n) is 6.71. The van der Waals surface area contributed by atoms with Crippen molar-refractivity contribution in [3.63, 3.8) is 0 Å². The van der Waals surface area contributed by atoms with E-state index in [2.05, 4.69) is 20.8 Å². The topological polar surface area (TPSA) is 80.0 Å². The maximum Gasteiger partial charge on any atom is 0.225 e. The molecule has 112 valence electrons. The van der Waals surface area contributed by atoms with E-state index in [-0.39, 0.29) is 18.3 Å². The van der Waals surface area contributed by atoms with Crippen LogP contribution in [-0.2, 0) is 4.79 Å². The minimum atomic E-state index is 0. The normalized spacial score (nSPS) is 17.2. The first kappa shape index (κ1) is 15.5. The lowest BCUT2D eigenvalue weighted by Crippen LogP contribution is -2.27. The summed E-state index contributed by atoms with van der Waals surface area (Å²) in [6.45, 7) is 1.01. The highest BCUT2D eigenvalue weighted by molar-refractivity contribution is 5.91. The smallest absolute Gasteiger partial charge is 0.225 e. The van der Waals surface area contributed by atoms with Gasteiger partial charge in [-0.05, 0) is 43.7 Å². The molecule has 0 spiro atoms. The Kier molecular flexibility index (Phi) is 5.30. The van der Waals surface area contributed by atoms with Crippen LogP contribution in [0.15, 0.2) is 35.2 Å². The molecule has 0 bridgehead atoms. The molecule has 0 aliphatic carbocycles. The Morgan fingerprint density at radius 1 is 1.38 bits per heavy atom. The van der Waals surface area contributed by atoms with E-state index in [0.29, 0.717) is 18.3 Å². The largest absolute Gasteiger partial charge is 0.342 e. The summed E-state index contributed by atoms with van der Waals surface area (Å²) in [7, 11) is 0. The van der Waals surface area contributed by atoms with E-state index in [1.54, 1.807) is 0 Å². The van der Waals surface area contributed by atoms with Crippen molar-refractivity contribution in [3.8, 4) is 11.4 Å². The van der Waals surface area contributed by atoms with Gasteiger partial charge in [-0.25, -0.2) is 0 Å². The summed E-state index contributed by atoms with van der Waals surface area (Å²) in [5.74, 6) is 0.578. The lowest BCUT2D eigenvalue weighted by molar-refractivity contribution is -0.116. The number of amides is 1. The van der Waals surface area contributed by atoms with E-state index in [4.69, 9.17) is 4.52 Å². The molecular weight excluding hydrogens is 292 g/mol. The number of carbonyl (C=O) groups is 1. The number of carbonyl (C=O) groups excluding carboxylic acids is 1. The van der Waals surface area contributed by atoms with Crippen LogP contribution in [0, 0.1) is 0 Å². The standard InChI is InChI=1S/C14H16N4O2.ClH/c19-13(8-12-2-1-7-15-12)17-11-5-3-10(4-6-11)14-16-9-20-18-14;/h3-6,9,12,15H,1-2,7-8H2,(H,17,19);1H. The molecule has 7 heteroatoms. The molecule has 1 saturated heterocycles. The Balaban J connectivity index is 0.00000161. The van der Waals surface area contributed by atoms with Crippen LogP contribution in [0.1, 0.15) is 19.3 Å². The monoisotopic (exact) mass is 308 g/mol. The van der Waals surface area contributed by atoms with Crippen molar-refractivity contribution >= 4 is 24.0 Å². The van der Waals surface area contributed by atoms with Crippen LogP contribution in [0.3, 0.4) is 0 Å². The molecule has 1 aliphatic heterocycles. The highest BCUT2D eigenvalue weighted by atomic mass is 35.5. The van der Waals surface area contributed by atoms with Crippen LogP contribution in [0.5, 0.6) is 0 Å². The fourth-order valence-corrected chi connectivity index (χ4v) is 2.37. The van der Waals surface area contributed by atoms with Crippen LogP contribution in [-0.4, -0.2) is 28.6 Å². The van der Waals surface area contributed by atoms with Gasteiger partial charge in [-0.1, -0.05) is 5.16 Å². The summed E-state index contributed by atoms with van der Waals surface area (Å²) in [6, 6.07) is 7.70. The van der Waals surface area contributed by atoms with Gasteiger partial charge in [0.1, 0.15) is 0 Å². The third kappa shape index (κ3) is 4.03. The lowest BCUT2D eigenvalue weighted by Gasteiger charge is -2.10. The SMILES string of the molecule is Cl.O=C(CC1CCCN1)Nc1ccc(-c2ncon2)cc1. The van der Waals surface area contributed by atoms with Crippen LogP contribution >= 0.6 is 12.4 Å². The van der Waals surface area contributed by atoms with Gasteiger partial charge in [-0.3, -0.25) is 4.79 Å². The molecule has 1 aromatic carbocycles. The van der Waals surface area contributed by atoms with E-state index in [1.807, 2.05) is 24.3 Å².